The average molecular weight is 233 g/mol. The van der Waals surface area contributed by atoms with Gasteiger partial charge in [0.15, 0.2) is 0 Å². The molecule has 3 atom stereocenters. The first-order valence-corrected chi connectivity index (χ1v) is 7.06. The number of nitrogens with two attached hydrogens (primary N) is 1. The van der Waals surface area contributed by atoms with Crippen molar-refractivity contribution in [2.45, 2.75) is 57.8 Å². The van der Waals surface area contributed by atoms with Gasteiger partial charge in [0.05, 0.1) is 0 Å². The van der Waals surface area contributed by atoms with Crippen molar-refractivity contribution in [1.82, 2.24) is 10.2 Å². The van der Waals surface area contributed by atoms with E-state index in [1.807, 2.05) is 0 Å². The van der Waals surface area contributed by atoms with Crippen LogP contribution in [0.4, 0.5) is 5.82 Å². The van der Waals surface area contributed by atoms with Crippen molar-refractivity contribution in [1.29, 1.82) is 0 Å². The Kier molecular flexibility index (Phi) is 2.85. The van der Waals surface area contributed by atoms with Crippen LogP contribution in [0.1, 0.15) is 62.1 Å². The summed E-state index contributed by atoms with van der Waals surface area (Å²) in [5.41, 5.74) is 8.33. The topological polar surface area (TPSA) is 54.7 Å². The highest BCUT2D eigenvalue weighted by molar-refractivity contribution is 5.42. The Morgan fingerprint density at radius 2 is 1.88 bits per heavy atom. The lowest BCUT2D eigenvalue weighted by Gasteiger charge is -2.39. The summed E-state index contributed by atoms with van der Waals surface area (Å²) in [5.74, 6) is 3.34. The minimum atomic E-state index is 0.680. The van der Waals surface area contributed by atoms with E-state index in [2.05, 4.69) is 17.1 Å². The molecule has 2 aliphatic carbocycles. The number of aromatic nitrogens is 2. The zero-order valence-electron chi connectivity index (χ0n) is 10.7. The van der Waals surface area contributed by atoms with Crippen molar-refractivity contribution in [2.24, 2.45) is 11.8 Å². The van der Waals surface area contributed by atoms with Crippen LogP contribution in [0.3, 0.4) is 0 Å². The number of aromatic amines is 1. The fourth-order valence-electron chi connectivity index (χ4n) is 3.96. The van der Waals surface area contributed by atoms with Gasteiger partial charge in [0.25, 0.3) is 0 Å². The lowest BCUT2D eigenvalue weighted by molar-refractivity contribution is 0.154. The second-order valence-electron chi connectivity index (χ2n) is 5.96. The van der Waals surface area contributed by atoms with E-state index >= 15 is 0 Å². The van der Waals surface area contributed by atoms with Gasteiger partial charge < -0.3 is 5.73 Å². The monoisotopic (exact) mass is 233 g/mol. The predicted molar refractivity (Wildman–Crippen MR) is 69.8 cm³/mol. The van der Waals surface area contributed by atoms with Gasteiger partial charge >= 0.3 is 0 Å². The van der Waals surface area contributed by atoms with Crippen LogP contribution in [0.2, 0.25) is 0 Å². The molecule has 0 spiro atoms. The fraction of sp³-hybridized carbons (Fsp3) is 0.786. The molecule has 1 aromatic rings. The summed E-state index contributed by atoms with van der Waals surface area (Å²) in [6.45, 7) is 2.10. The molecule has 3 rings (SSSR count). The summed E-state index contributed by atoms with van der Waals surface area (Å²) in [6, 6.07) is 0. The van der Waals surface area contributed by atoms with Crippen LogP contribution in [-0.4, -0.2) is 10.2 Å². The van der Waals surface area contributed by atoms with Gasteiger partial charge in [0.2, 0.25) is 0 Å². The number of hydrogen-bond acceptors (Lipinski definition) is 2. The smallest absolute Gasteiger partial charge is 0.148 e. The second-order valence-corrected chi connectivity index (χ2v) is 5.96. The number of H-pyrrole nitrogens is 1. The first-order chi connectivity index (χ1) is 8.25. The molecule has 0 bridgehead atoms. The van der Waals surface area contributed by atoms with Crippen LogP contribution in [0.25, 0.3) is 0 Å². The van der Waals surface area contributed by atoms with E-state index in [0.717, 1.165) is 11.8 Å². The van der Waals surface area contributed by atoms with E-state index in [4.69, 9.17) is 5.73 Å². The molecule has 17 heavy (non-hydrogen) atoms. The van der Waals surface area contributed by atoms with Crippen LogP contribution >= 0.6 is 0 Å². The molecule has 0 saturated heterocycles. The SMILES string of the molecule is Cc1c(N)n[nH]c1C1CCC2CCCCC2C1. The molecule has 2 fully saturated rings. The van der Waals surface area contributed by atoms with E-state index in [1.54, 1.807) is 0 Å². The number of anilines is 1. The van der Waals surface area contributed by atoms with E-state index < -0.39 is 0 Å². The average Bonchev–Trinajstić information content (AvgIpc) is 2.70. The molecule has 0 aromatic carbocycles. The van der Waals surface area contributed by atoms with Crippen LogP contribution in [0.5, 0.6) is 0 Å². The van der Waals surface area contributed by atoms with Gasteiger partial charge in [-0.2, -0.15) is 5.10 Å². The molecule has 3 heteroatoms. The Hall–Kier alpha value is -0.990. The number of nitrogen functional groups attached to an aromatic ring is 1. The summed E-state index contributed by atoms with van der Waals surface area (Å²) in [7, 11) is 0. The van der Waals surface area contributed by atoms with Crippen LogP contribution in [-0.2, 0) is 0 Å². The maximum Gasteiger partial charge on any atom is 0.148 e. The van der Waals surface area contributed by atoms with Crippen LogP contribution in [0.15, 0.2) is 0 Å². The molecule has 2 saturated carbocycles. The lowest BCUT2D eigenvalue weighted by Crippen LogP contribution is -2.27. The third-order valence-electron chi connectivity index (χ3n) is 5.03. The Bertz CT molecular complexity index is 396. The van der Waals surface area contributed by atoms with Crippen LogP contribution < -0.4 is 5.73 Å². The second kappa shape index (κ2) is 4.35. The lowest BCUT2D eigenvalue weighted by atomic mass is 9.67. The fourth-order valence-corrected chi connectivity index (χ4v) is 3.96. The van der Waals surface area contributed by atoms with Crippen LogP contribution in [0, 0.1) is 18.8 Å². The summed E-state index contributed by atoms with van der Waals surface area (Å²) in [4.78, 5) is 0. The third-order valence-corrected chi connectivity index (χ3v) is 5.03. The van der Waals surface area contributed by atoms with Gasteiger partial charge in [-0.1, -0.05) is 25.7 Å². The van der Waals surface area contributed by atoms with Gasteiger partial charge in [-0.05, 0) is 38.0 Å². The quantitative estimate of drug-likeness (QED) is 0.781. The first-order valence-electron chi connectivity index (χ1n) is 7.06. The summed E-state index contributed by atoms with van der Waals surface area (Å²) < 4.78 is 0. The molecule has 94 valence electrons. The Morgan fingerprint density at radius 1 is 1.12 bits per heavy atom. The normalized spacial score (nSPS) is 33.4. The van der Waals surface area contributed by atoms with Crippen molar-refractivity contribution >= 4 is 5.82 Å². The maximum atomic E-state index is 5.84. The standard InChI is InChI=1S/C14H23N3/c1-9-13(16-17-14(9)15)12-7-6-10-4-2-3-5-11(10)8-12/h10-12H,2-8H2,1H3,(H3,15,16,17). The molecule has 0 radical (unpaired) electrons. The number of rotatable bonds is 1. The molecule has 3 nitrogen and oxygen atoms in total. The Morgan fingerprint density at radius 3 is 2.59 bits per heavy atom. The zero-order chi connectivity index (χ0) is 11.8. The molecule has 0 amide bonds. The Labute approximate surface area is 103 Å². The molecule has 3 N–H and O–H groups in total. The largest absolute Gasteiger partial charge is 0.382 e. The van der Waals surface area contributed by atoms with Crippen molar-refractivity contribution in [3.63, 3.8) is 0 Å². The van der Waals surface area contributed by atoms with Crippen molar-refractivity contribution in [3.8, 4) is 0 Å². The molecule has 0 aliphatic heterocycles. The molecular weight excluding hydrogens is 210 g/mol. The van der Waals surface area contributed by atoms with Crippen molar-refractivity contribution < 1.29 is 0 Å². The summed E-state index contributed by atoms with van der Waals surface area (Å²) in [6.07, 6.45) is 9.91. The van der Waals surface area contributed by atoms with E-state index in [9.17, 15) is 0 Å². The van der Waals surface area contributed by atoms with Crippen molar-refractivity contribution in [2.75, 3.05) is 5.73 Å². The molecule has 1 aromatic heterocycles. The van der Waals surface area contributed by atoms with E-state index in [-0.39, 0.29) is 0 Å². The highest BCUT2D eigenvalue weighted by Gasteiger charge is 2.33. The highest BCUT2D eigenvalue weighted by Crippen LogP contribution is 2.46. The van der Waals surface area contributed by atoms with E-state index in [0.29, 0.717) is 11.7 Å². The maximum absolute atomic E-state index is 5.84. The van der Waals surface area contributed by atoms with Gasteiger partial charge in [-0.15, -0.1) is 0 Å². The van der Waals surface area contributed by atoms with Gasteiger partial charge in [-0.25, -0.2) is 0 Å². The minimum absolute atomic E-state index is 0.680. The van der Waals surface area contributed by atoms with E-state index in [1.165, 1.54) is 56.2 Å². The third kappa shape index (κ3) is 1.96. The number of hydrogen-bond donors (Lipinski definition) is 2. The predicted octanol–water partition coefficient (Wildman–Crippen LogP) is 3.37. The van der Waals surface area contributed by atoms with Gasteiger partial charge in [0.1, 0.15) is 5.82 Å². The first kappa shape index (κ1) is 11.1. The zero-order valence-corrected chi connectivity index (χ0v) is 10.7. The van der Waals surface area contributed by atoms with Gasteiger partial charge in [0, 0.05) is 17.2 Å². The van der Waals surface area contributed by atoms with Crippen molar-refractivity contribution in [3.05, 3.63) is 11.3 Å². The minimum Gasteiger partial charge on any atom is -0.382 e. The van der Waals surface area contributed by atoms with Gasteiger partial charge in [-0.3, -0.25) is 5.10 Å². The molecule has 2 aliphatic rings. The molecule has 3 unspecified atom stereocenters. The number of fused-ring (bicyclic) bond motifs is 1. The Balaban J connectivity index is 1.75. The number of nitrogens with zero attached hydrogens (tertiary/aromatic N) is 1. The summed E-state index contributed by atoms with van der Waals surface area (Å²) >= 11 is 0. The number of nitrogens with one attached hydrogen (secondary N) is 1. The molecule has 1 heterocycles. The molecular formula is C14H23N3. The summed E-state index contributed by atoms with van der Waals surface area (Å²) in [5, 5.41) is 7.31. The highest BCUT2D eigenvalue weighted by atomic mass is 15.2.